The molecule has 0 aliphatic heterocycles. The van der Waals surface area contributed by atoms with Crippen LogP contribution in [0.5, 0.6) is 0 Å². The molecule has 7 aromatic carbocycles. The molecule has 0 unspecified atom stereocenters. The lowest BCUT2D eigenvalue weighted by atomic mass is 9.50. The molecule has 0 spiro atoms. The van der Waals surface area contributed by atoms with Gasteiger partial charge >= 0.3 is 0 Å². The zero-order valence-electron chi connectivity index (χ0n) is 29.5. The highest BCUT2D eigenvalue weighted by Gasteiger charge is 2.49. The van der Waals surface area contributed by atoms with Gasteiger partial charge in [-0.3, -0.25) is 0 Å². The van der Waals surface area contributed by atoms with Crippen molar-refractivity contribution in [2.24, 2.45) is 23.7 Å². The lowest BCUT2D eigenvalue weighted by Gasteiger charge is -2.54. The zero-order valence-corrected chi connectivity index (χ0v) is 29.5. The van der Waals surface area contributed by atoms with Gasteiger partial charge in [-0.25, -0.2) is 0 Å². The number of benzene rings is 7. The average Bonchev–Trinajstić information content (AvgIpc) is 3.78. The number of nitrogens with zero attached hydrogens (tertiary/aromatic N) is 1. The highest BCUT2D eigenvalue weighted by atomic mass is 16.3. The molecule has 53 heavy (non-hydrogen) atoms. The van der Waals surface area contributed by atoms with Crippen LogP contribution in [0.1, 0.15) is 43.6 Å². The highest BCUT2D eigenvalue weighted by Crippen LogP contribution is 2.61. The van der Waals surface area contributed by atoms with Gasteiger partial charge in [-0.15, -0.1) is 0 Å². The Morgan fingerprint density at radius 1 is 0.434 bits per heavy atom. The first-order chi connectivity index (χ1) is 26.2. The van der Waals surface area contributed by atoms with Crippen molar-refractivity contribution in [3.05, 3.63) is 151 Å². The van der Waals surface area contributed by atoms with Crippen LogP contribution in [0.4, 0.5) is 17.1 Å². The summed E-state index contributed by atoms with van der Waals surface area (Å²) in [6, 6.07) is 52.7. The smallest absolute Gasteiger partial charge is 0.143 e. The summed E-state index contributed by atoms with van der Waals surface area (Å²) in [5, 5.41) is 7.07. The summed E-state index contributed by atoms with van der Waals surface area (Å²) in [5.41, 5.74) is 11.0. The molecule has 2 aromatic heterocycles. The predicted octanol–water partition coefficient (Wildman–Crippen LogP) is 14.3. The van der Waals surface area contributed by atoms with Crippen molar-refractivity contribution >= 4 is 71.7 Å². The van der Waals surface area contributed by atoms with Crippen LogP contribution in [0.2, 0.25) is 0 Å². The molecule has 4 saturated carbocycles. The zero-order chi connectivity index (χ0) is 34.6. The van der Waals surface area contributed by atoms with Crippen LogP contribution in [0.3, 0.4) is 0 Å². The van der Waals surface area contributed by atoms with Crippen LogP contribution in [-0.4, -0.2) is 0 Å². The molecule has 256 valence electrons. The van der Waals surface area contributed by atoms with Gasteiger partial charge in [0, 0.05) is 32.6 Å². The van der Waals surface area contributed by atoms with E-state index >= 15 is 0 Å². The second kappa shape index (κ2) is 11.3. The largest absolute Gasteiger partial charge is 0.456 e. The number of hydrogen-bond acceptors (Lipinski definition) is 3. The van der Waals surface area contributed by atoms with Crippen molar-refractivity contribution in [1.82, 2.24) is 0 Å². The van der Waals surface area contributed by atoms with Gasteiger partial charge in [-0.05, 0) is 121 Å². The number of para-hydroxylation sites is 1. The van der Waals surface area contributed by atoms with Gasteiger partial charge < -0.3 is 13.7 Å². The normalized spacial score (nSPS) is 22.2. The van der Waals surface area contributed by atoms with E-state index in [4.69, 9.17) is 8.83 Å². The van der Waals surface area contributed by atoms with Crippen molar-refractivity contribution in [1.29, 1.82) is 0 Å². The first-order valence-corrected chi connectivity index (χ1v) is 19.5. The molecule has 9 aromatic rings. The van der Waals surface area contributed by atoms with Crippen LogP contribution in [0.15, 0.2) is 154 Å². The number of hydrogen-bond donors (Lipinski definition) is 0. The Morgan fingerprint density at radius 3 is 1.83 bits per heavy atom. The lowest BCUT2D eigenvalue weighted by Crippen LogP contribution is -2.43. The maximum Gasteiger partial charge on any atom is 0.143 e. The molecule has 0 amide bonds. The fourth-order valence-electron chi connectivity index (χ4n) is 11.3. The summed E-state index contributed by atoms with van der Waals surface area (Å²) in [6.07, 6.45) is 7.05. The van der Waals surface area contributed by atoms with Crippen molar-refractivity contribution in [2.75, 3.05) is 4.90 Å². The minimum absolute atomic E-state index is 0.606. The maximum atomic E-state index is 6.94. The first kappa shape index (κ1) is 29.7. The van der Waals surface area contributed by atoms with E-state index in [0.717, 1.165) is 84.6 Å². The van der Waals surface area contributed by atoms with Gasteiger partial charge in [0.05, 0.1) is 16.8 Å². The molecule has 2 heterocycles. The Labute approximate surface area is 308 Å². The molecule has 0 atom stereocenters. The summed E-state index contributed by atoms with van der Waals surface area (Å²) < 4.78 is 13.4. The van der Waals surface area contributed by atoms with E-state index in [2.05, 4.69) is 150 Å². The van der Waals surface area contributed by atoms with E-state index < -0.39 is 0 Å². The van der Waals surface area contributed by atoms with Gasteiger partial charge in [0.15, 0.2) is 0 Å². The first-order valence-electron chi connectivity index (χ1n) is 19.5. The minimum Gasteiger partial charge on any atom is -0.456 e. The topological polar surface area (TPSA) is 29.5 Å². The molecule has 4 aliphatic rings. The van der Waals surface area contributed by atoms with Gasteiger partial charge in [0.2, 0.25) is 0 Å². The average molecular weight is 686 g/mol. The fourth-order valence-corrected chi connectivity index (χ4v) is 11.3. The van der Waals surface area contributed by atoms with E-state index in [1.54, 1.807) is 0 Å². The summed E-state index contributed by atoms with van der Waals surface area (Å²) >= 11 is 0. The van der Waals surface area contributed by atoms with Gasteiger partial charge in [0.25, 0.3) is 0 Å². The van der Waals surface area contributed by atoms with Gasteiger partial charge in [-0.2, -0.15) is 0 Å². The number of fused-ring (bicyclic) bond motifs is 8. The lowest BCUT2D eigenvalue weighted by molar-refractivity contribution is -0.00229. The van der Waals surface area contributed by atoms with Gasteiger partial charge in [-0.1, -0.05) is 103 Å². The van der Waals surface area contributed by atoms with Crippen molar-refractivity contribution in [3.8, 4) is 11.1 Å². The second-order valence-corrected chi connectivity index (χ2v) is 16.1. The van der Waals surface area contributed by atoms with Crippen molar-refractivity contribution in [2.45, 2.75) is 38.0 Å². The summed E-state index contributed by atoms with van der Waals surface area (Å²) in [7, 11) is 0. The molecule has 0 radical (unpaired) electrons. The number of furan rings is 2. The molecule has 4 bridgehead atoms. The molecule has 13 rings (SSSR count). The van der Waals surface area contributed by atoms with E-state index in [1.807, 2.05) is 0 Å². The molecule has 4 aliphatic carbocycles. The van der Waals surface area contributed by atoms with E-state index in [9.17, 15) is 0 Å². The van der Waals surface area contributed by atoms with Crippen molar-refractivity contribution in [3.63, 3.8) is 0 Å². The van der Waals surface area contributed by atoms with Crippen LogP contribution < -0.4 is 4.90 Å². The van der Waals surface area contributed by atoms with Crippen LogP contribution in [0, 0.1) is 23.7 Å². The van der Waals surface area contributed by atoms with Crippen molar-refractivity contribution < 1.29 is 8.83 Å². The van der Waals surface area contributed by atoms with E-state index in [1.165, 1.54) is 59.6 Å². The SMILES string of the molecule is c1ccc(-c2ccc(N(c3cc4c(oc5cccc(C6C7CC8CC(C7)CC6C8)c54)c4ccccc34)c3cccc4oc5ccccc5c34)cc2)cc1. The molecule has 0 N–H and O–H groups in total. The van der Waals surface area contributed by atoms with Gasteiger partial charge in [0.1, 0.15) is 22.3 Å². The Morgan fingerprint density at radius 2 is 1.06 bits per heavy atom. The third-order valence-corrected chi connectivity index (χ3v) is 13.2. The molecular weight excluding hydrogens is 647 g/mol. The van der Waals surface area contributed by atoms with E-state index in [-0.39, 0.29) is 0 Å². The molecule has 0 saturated heterocycles. The Bertz CT molecular complexity index is 2830. The molecular formula is C50H39NO2. The standard InChI is InChI=1S/C50H39NO2/c1-2-10-32(11-3-1)33-20-22-36(23-21-33)51(42-16-9-19-46-49(42)39-14-6-7-17-44(39)52-46)43-29-41-48-40(47-34-25-30-24-31(27-34)28-35(47)26-30)15-8-18-45(48)53-50(41)38-13-5-4-12-37(38)43/h1-23,29-31,34-35,47H,24-28H2. The third kappa shape index (κ3) is 4.46. The summed E-state index contributed by atoms with van der Waals surface area (Å²) in [5.74, 6) is 4.05. The highest BCUT2D eigenvalue weighted by molar-refractivity contribution is 6.22. The monoisotopic (exact) mass is 685 g/mol. The Kier molecular flexibility index (Phi) is 6.37. The second-order valence-electron chi connectivity index (χ2n) is 16.1. The molecule has 4 fully saturated rings. The predicted molar refractivity (Wildman–Crippen MR) is 218 cm³/mol. The summed E-state index contributed by atoms with van der Waals surface area (Å²) in [4.78, 5) is 2.46. The quantitative estimate of drug-likeness (QED) is 0.181. The summed E-state index contributed by atoms with van der Waals surface area (Å²) in [6.45, 7) is 0. The molecule has 3 nitrogen and oxygen atoms in total. The van der Waals surface area contributed by atoms with E-state index in [0.29, 0.717) is 5.92 Å². The number of anilines is 3. The van der Waals surface area contributed by atoms with Crippen LogP contribution in [0.25, 0.3) is 65.8 Å². The Hall–Kier alpha value is -5.80. The fraction of sp³-hybridized carbons (Fsp3) is 0.200. The Balaban J connectivity index is 1.14. The van der Waals surface area contributed by atoms with Crippen LogP contribution >= 0.6 is 0 Å². The van der Waals surface area contributed by atoms with Crippen LogP contribution in [-0.2, 0) is 0 Å². The molecule has 3 heteroatoms. The minimum atomic E-state index is 0.606. The number of rotatable bonds is 5. The third-order valence-electron chi connectivity index (χ3n) is 13.2. The maximum absolute atomic E-state index is 6.94.